The molecular formula is C25H38OS2. The molecule has 3 heteroatoms. The Morgan fingerprint density at radius 2 is 1.14 bits per heavy atom. The van der Waals surface area contributed by atoms with Crippen LogP contribution in [0.2, 0.25) is 0 Å². The first kappa shape index (κ1) is 25.1. The molecule has 0 heterocycles. The molecule has 0 bridgehead atoms. The van der Waals surface area contributed by atoms with Crippen LogP contribution in [0.3, 0.4) is 0 Å². The third kappa shape index (κ3) is 11.2. The summed E-state index contributed by atoms with van der Waals surface area (Å²) in [6, 6.07) is 17.7. The van der Waals surface area contributed by atoms with E-state index in [-0.39, 0.29) is 0 Å². The Bertz CT molecular complexity index is 605. The molecule has 0 saturated carbocycles. The third-order valence-corrected chi connectivity index (χ3v) is 6.59. The first-order chi connectivity index (χ1) is 13.7. The second-order valence-corrected chi connectivity index (χ2v) is 9.22. The second-order valence-electron chi connectivity index (χ2n) is 7.09. The highest BCUT2D eigenvalue weighted by atomic mass is 32.2. The monoisotopic (exact) mass is 418 g/mol. The van der Waals surface area contributed by atoms with Crippen molar-refractivity contribution >= 4 is 23.5 Å². The molecule has 0 saturated heterocycles. The fraction of sp³-hybridized carbons (Fsp3) is 0.520. The molecule has 0 aliphatic carbocycles. The fourth-order valence-electron chi connectivity index (χ4n) is 2.50. The molecule has 0 aromatic heterocycles. The lowest BCUT2D eigenvalue weighted by molar-refractivity contribution is 0.107. The van der Waals surface area contributed by atoms with Crippen molar-refractivity contribution < 1.29 is 4.74 Å². The quantitative estimate of drug-likeness (QED) is 0.323. The highest BCUT2D eigenvalue weighted by Gasteiger charge is 2.00. The van der Waals surface area contributed by atoms with Gasteiger partial charge >= 0.3 is 0 Å². The highest BCUT2D eigenvalue weighted by molar-refractivity contribution is 7.98. The summed E-state index contributed by atoms with van der Waals surface area (Å²) in [6.07, 6.45) is 1.24. The summed E-state index contributed by atoms with van der Waals surface area (Å²) in [4.78, 5) is 0. The normalized spacial score (nSPS) is 10.6. The van der Waals surface area contributed by atoms with E-state index in [9.17, 15) is 0 Å². The van der Waals surface area contributed by atoms with Crippen LogP contribution in [-0.2, 0) is 29.5 Å². The van der Waals surface area contributed by atoms with E-state index in [0.29, 0.717) is 13.2 Å². The Balaban J connectivity index is 0.00000190. The first-order valence-corrected chi connectivity index (χ1v) is 12.9. The zero-order chi connectivity index (χ0) is 20.6. The molecule has 0 atom stereocenters. The molecule has 2 aromatic rings. The molecule has 0 radical (unpaired) electrons. The third-order valence-electron chi connectivity index (χ3n) is 3.92. The van der Waals surface area contributed by atoms with Crippen LogP contribution in [0.15, 0.2) is 48.5 Å². The van der Waals surface area contributed by atoms with Crippen molar-refractivity contribution in [2.75, 3.05) is 11.5 Å². The summed E-state index contributed by atoms with van der Waals surface area (Å²) >= 11 is 4.01. The smallest absolute Gasteiger partial charge is 0.0721 e. The van der Waals surface area contributed by atoms with E-state index in [1.165, 1.54) is 40.2 Å². The first-order valence-electron chi connectivity index (χ1n) is 10.6. The lowest BCUT2D eigenvalue weighted by Crippen LogP contribution is -1.95. The van der Waals surface area contributed by atoms with Crippen molar-refractivity contribution in [1.29, 1.82) is 0 Å². The molecule has 0 amide bonds. The molecule has 0 aliphatic rings. The maximum atomic E-state index is 5.89. The van der Waals surface area contributed by atoms with Gasteiger partial charge in [-0.15, -0.1) is 0 Å². The summed E-state index contributed by atoms with van der Waals surface area (Å²) in [7, 11) is 0. The van der Waals surface area contributed by atoms with Crippen molar-refractivity contribution in [3.05, 3.63) is 70.8 Å². The van der Waals surface area contributed by atoms with Gasteiger partial charge in [0.2, 0.25) is 0 Å². The Kier molecular flexibility index (Phi) is 14.3. The van der Waals surface area contributed by atoms with Gasteiger partial charge in [0.05, 0.1) is 13.2 Å². The Labute approximate surface area is 182 Å². The van der Waals surface area contributed by atoms with Crippen LogP contribution < -0.4 is 0 Å². The minimum absolute atomic E-state index is 0.674. The zero-order valence-electron chi connectivity index (χ0n) is 18.4. The van der Waals surface area contributed by atoms with E-state index in [2.05, 4.69) is 69.3 Å². The summed E-state index contributed by atoms with van der Waals surface area (Å²) < 4.78 is 5.89. The van der Waals surface area contributed by atoms with Crippen molar-refractivity contribution in [2.24, 2.45) is 5.92 Å². The molecule has 1 nitrogen and oxygen atoms in total. The van der Waals surface area contributed by atoms with Gasteiger partial charge in [-0.1, -0.05) is 83.1 Å². The topological polar surface area (TPSA) is 9.23 Å². The number of rotatable bonds is 12. The lowest BCUT2D eigenvalue weighted by Gasteiger charge is -2.08. The molecule has 0 aliphatic heterocycles. The molecule has 0 fully saturated rings. The minimum atomic E-state index is 0.674. The van der Waals surface area contributed by atoms with Gasteiger partial charge in [-0.05, 0) is 46.1 Å². The molecule has 156 valence electrons. The molecule has 0 N–H and O–H groups in total. The Hall–Kier alpha value is -0.900. The minimum Gasteiger partial charge on any atom is -0.372 e. The number of hydrogen-bond acceptors (Lipinski definition) is 3. The van der Waals surface area contributed by atoms with Crippen molar-refractivity contribution in [3.63, 3.8) is 0 Å². The summed E-state index contributed by atoms with van der Waals surface area (Å²) in [5, 5.41) is 0. The Morgan fingerprint density at radius 1 is 0.714 bits per heavy atom. The van der Waals surface area contributed by atoms with E-state index < -0.39 is 0 Å². The van der Waals surface area contributed by atoms with Gasteiger partial charge in [-0.3, -0.25) is 0 Å². The summed E-state index contributed by atoms with van der Waals surface area (Å²) in [5.74, 6) is 5.43. The van der Waals surface area contributed by atoms with Gasteiger partial charge in [-0.2, -0.15) is 23.5 Å². The molecule has 2 aromatic carbocycles. The summed E-state index contributed by atoms with van der Waals surface area (Å²) in [6.45, 7) is 12.1. The number of hydrogen-bond donors (Lipinski definition) is 0. The largest absolute Gasteiger partial charge is 0.372 e. The molecule has 28 heavy (non-hydrogen) atoms. The van der Waals surface area contributed by atoms with E-state index >= 15 is 0 Å². The SMILES string of the molecule is CC.CCCSCc1ccc(COCc2ccc(CSCC(C)C)cc2)cc1. The number of thioether (sulfide) groups is 2. The van der Waals surface area contributed by atoms with Crippen molar-refractivity contribution in [2.45, 2.75) is 65.8 Å². The Morgan fingerprint density at radius 3 is 1.57 bits per heavy atom. The lowest BCUT2D eigenvalue weighted by atomic mass is 10.1. The molecular weight excluding hydrogens is 380 g/mol. The van der Waals surface area contributed by atoms with Gasteiger partial charge < -0.3 is 4.74 Å². The second kappa shape index (κ2) is 16.0. The average Bonchev–Trinajstić information content (AvgIpc) is 2.72. The standard InChI is InChI=1S/C23H32OS2.C2H6/c1-4-13-25-17-22-9-5-20(6-10-22)14-24-15-21-7-11-23(12-8-21)18-26-16-19(2)3;1-2/h5-12,19H,4,13-18H2,1-3H3;1-2H3. The van der Waals surface area contributed by atoms with E-state index in [4.69, 9.17) is 4.74 Å². The average molecular weight is 419 g/mol. The predicted molar refractivity (Wildman–Crippen MR) is 130 cm³/mol. The van der Waals surface area contributed by atoms with Gasteiger partial charge in [-0.25, -0.2) is 0 Å². The van der Waals surface area contributed by atoms with Gasteiger partial charge in [0.15, 0.2) is 0 Å². The predicted octanol–water partition coefficient (Wildman–Crippen LogP) is 7.96. The van der Waals surface area contributed by atoms with Crippen LogP contribution >= 0.6 is 23.5 Å². The summed E-state index contributed by atoms with van der Waals surface area (Å²) in [5.41, 5.74) is 5.29. The van der Waals surface area contributed by atoms with E-state index in [0.717, 1.165) is 17.4 Å². The maximum Gasteiger partial charge on any atom is 0.0721 e. The highest BCUT2D eigenvalue weighted by Crippen LogP contribution is 2.17. The van der Waals surface area contributed by atoms with Crippen LogP contribution in [0, 0.1) is 5.92 Å². The van der Waals surface area contributed by atoms with Gasteiger partial charge in [0.25, 0.3) is 0 Å². The van der Waals surface area contributed by atoms with E-state index in [1.807, 2.05) is 37.4 Å². The van der Waals surface area contributed by atoms with Crippen LogP contribution in [0.25, 0.3) is 0 Å². The molecule has 0 unspecified atom stereocenters. The molecule has 2 rings (SSSR count). The van der Waals surface area contributed by atoms with Crippen molar-refractivity contribution in [3.8, 4) is 0 Å². The van der Waals surface area contributed by atoms with Crippen LogP contribution in [-0.4, -0.2) is 11.5 Å². The molecule has 0 spiro atoms. The van der Waals surface area contributed by atoms with Gasteiger partial charge in [0.1, 0.15) is 0 Å². The maximum absolute atomic E-state index is 5.89. The van der Waals surface area contributed by atoms with E-state index in [1.54, 1.807) is 0 Å². The number of benzene rings is 2. The van der Waals surface area contributed by atoms with Gasteiger partial charge in [0, 0.05) is 11.5 Å². The fourth-order valence-corrected chi connectivity index (χ4v) is 4.38. The van der Waals surface area contributed by atoms with Crippen LogP contribution in [0.1, 0.15) is 63.3 Å². The van der Waals surface area contributed by atoms with Crippen molar-refractivity contribution in [1.82, 2.24) is 0 Å². The zero-order valence-corrected chi connectivity index (χ0v) is 20.0. The van der Waals surface area contributed by atoms with Crippen LogP contribution in [0.4, 0.5) is 0 Å². The van der Waals surface area contributed by atoms with Crippen LogP contribution in [0.5, 0.6) is 0 Å². The number of ether oxygens (including phenoxy) is 1.